The van der Waals surface area contributed by atoms with Crippen molar-refractivity contribution in [2.45, 2.75) is 26.2 Å². The third-order valence-electron chi connectivity index (χ3n) is 2.54. The van der Waals surface area contributed by atoms with E-state index in [0.29, 0.717) is 12.3 Å². The standard InChI is InChI=1S/C14H17BrO2/c1-11(5-10-14(16)17)3-2-4-12-6-8-13(15)9-7-12/h2-3,6-9,11H,4-5,10H2,1H3,(H,16,17)/b3-2+/t11-/m1/s1. The van der Waals surface area contributed by atoms with Crippen LogP contribution in [0.15, 0.2) is 40.9 Å². The van der Waals surface area contributed by atoms with E-state index in [0.717, 1.165) is 10.9 Å². The van der Waals surface area contributed by atoms with E-state index in [1.54, 1.807) is 0 Å². The van der Waals surface area contributed by atoms with Gasteiger partial charge >= 0.3 is 5.97 Å². The molecule has 0 saturated heterocycles. The van der Waals surface area contributed by atoms with Crippen molar-refractivity contribution >= 4 is 21.9 Å². The average Bonchev–Trinajstić information content (AvgIpc) is 2.29. The molecule has 2 nitrogen and oxygen atoms in total. The van der Waals surface area contributed by atoms with Crippen LogP contribution in [0.25, 0.3) is 0 Å². The molecule has 0 fully saturated rings. The summed E-state index contributed by atoms with van der Waals surface area (Å²) in [5.41, 5.74) is 1.26. The van der Waals surface area contributed by atoms with E-state index in [4.69, 9.17) is 5.11 Å². The Bertz CT molecular complexity index is 382. The second-order valence-corrected chi connectivity index (χ2v) is 5.08. The van der Waals surface area contributed by atoms with Crippen molar-refractivity contribution < 1.29 is 9.90 Å². The number of hydrogen-bond acceptors (Lipinski definition) is 1. The van der Waals surface area contributed by atoms with E-state index < -0.39 is 5.97 Å². The predicted octanol–water partition coefficient (Wildman–Crippen LogP) is 4.05. The topological polar surface area (TPSA) is 37.3 Å². The molecule has 0 aliphatic carbocycles. The fourth-order valence-corrected chi connectivity index (χ4v) is 1.77. The van der Waals surface area contributed by atoms with Crippen LogP contribution >= 0.6 is 15.9 Å². The van der Waals surface area contributed by atoms with Crippen molar-refractivity contribution in [1.29, 1.82) is 0 Å². The smallest absolute Gasteiger partial charge is 0.303 e. The summed E-state index contributed by atoms with van der Waals surface area (Å²) >= 11 is 3.40. The van der Waals surface area contributed by atoms with Gasteiger partial charge in [0.25, 0.3) is 0 Å². The van der Waals surface area contributed by atoms with Gasteiger partial charge < -0.3 is 5.11 Å². The van der Waals surface area contributed by atoms with E-state index in [1.165, 1.54) is 5.56 Å². The first-order chi connectivity index (χ1) is 8.08. The zero-order chi connectivity index (χ0) is 12.7. The molecule has 0 saturated carbocycles. The van der Waals surface area contributed by atoms with Crippen LogP contribution in [-0.2, 0) is 11.2 Å². The monoisotopic (exact) mass is 296 g/mol. The van der Waals surface area contributed by atoms with Gasteiger partial charge in [0.05, 0.1) is 0 Å². The highest BCUT2D eigenvalue weighted by Crippen LogP contribution is 2.12. The molecule has 0 amide bonds. The van der Waals surface area contributed by atoms with Gasteiger partial charge in [0.2, 0.25) is 0 Å². The molecular formula is C14H17BrO2. The number of carboxylic acid groups (broad SMARTS) is 1. The minimum atomic E-state index is -0.724. The van der Waals surface area contributed by atoms with E-state index in [2.05, 4.69) is 40.2 Å². The molecule has 0 aromatic heterocycles. The van der Waals surface area contributed by atoms with Gasteiger partial charge in [-0.1, -0.05) is 47.1 Å². The Kier molecular flexibility index (Phi) is 5.98. The van der Waals surface area contributed by atoms with Crippen molar-refractivity contribution in [3.8, 4) is 0 Å². The van der Waals surface area contributed by atoms with Crippen LogP contribution in [0.2, 0.25) is 0 Å². The van der Waals surface area contributed by atoms with E-state index in [9.17, 15) is 4.79 Å². The van der Waals surface area contributed by atoms with Crippen LogP contribution in [0, 0.1) is 5.92 Å². The summed E-state index contributed by atoms with van der Waals surface area (Å²) in [6, 6.07) is 8.21. The highest BCUT2D eigenvalue weighted by molar-refractivity contribution is 9.10. The van der Waals surface area contributed by atoms with Crippen molar-refractivity contribution in [3.63, 3.8) is 0 Å². The SMILES string of the molecule is C[C@H](/C=C/Cc1ccc(Br)cc1)CCC(=O)O. The molecule has 0 bridgehead atoms. The quantitative estimate of drug-likeness (QED) is 0.804. The van der Waals surface area contributed by atoms with E-state index in [1.807, 2.05) is 19.1 Å². The third-order valence-corrected chi connectivity index (χ3v) is 3.07. The second kappa shape index (κ2) is 7.28. The third kappa shape index (κ3) is 6.27. The molecule has 0 unspecified atom stereocenters. The fraction of sp³-hybridized carbons (Fsp3) is 0.357. The number of hydrogen-bond donors (Lipinski definition) is 1. The normalized spacial score (nSPS) is 12.8. The number of aliphatic carboxylic acids is 1. The Morgan fingerprint density at radius 1 is 1.41 bits per heavy atom. The van der Waals surface area contributed by atoms with Gasteiger partial charge in [0.15, 0.2) is 0 Å². The number of benzene rings is 1. The van der Waals surface area contributed by atoms with Crippen LogP contribution in [0.3, 0.4) is 0 Å². The highest BCUT2D eigenvalue weighted by atomic mass is 79.9. The molecular weight excluding hydrogens is 280 g/mol. The fourth-order valence-electron chi connectivity index (χ4n) is 1.50. The lowest BCUT2D eigenvalue weighted by molar-refractivity contribution is -0.137. The number of allylic oxidation sites excluding steroid dienone is 2. The lowest BCUT2D eigenvalue weighted by atomic mass is 10.0. The van der Waals surface area contributed by atoms with Gasteiger partial charge in [-0.3, -0.25) is 4.79 Å². The molecule has 92 valence electrons. The van der Waals surface area contributed by atoms with E-state index in [-0.39, 0.29) is 6.42 Å². The molecule has 0 aliphatic heterocycles. The molecule has 17 heavy (non-hydrogen) atoms. The molecule has 0 radical (unpaired) electrons. The molecule has 1 aromatic carbocycles. The summed E-state index contributed by atoms with van der Waals surface area (Å²) in [4.78, 5) is 10.4. The maximum absolute atomic E-state index is 10.4. The first-order valence-electron chi connectivity index (χ1n) is 5.71. The van der Waals surface area contributed by atoms with Gasteiger partial charge in [0, 0.05) is 10.9 Å². The molecule has 0 aliphatic rings. The Hall–Kier alpha value is -1.09. The molecule has 0 heterocycles. The van der Waals surface area contributed by atoms with Crippen molar-refractivity contribution in [1.82, 2.24) is 0 Å². The largest absolute Gasteiger partial charge is 0.481 e. The van der Waals surface area contributed by atoms with Gasteiger partial charge in [-0.05, 0) is 36.5 Å². The summed E-state index contributed by atoms with van der Waals surface area (Å²) < 4.78 is 1.08. The lowest BCUT2D eigenvalue weighted by Gasteiger charge is -2.03. The molecule has 0 spiro atoms. The van der Waals surface area contributed by atoms with Crippen molar-refractivity contribution in [3.05, 3.63) is 46.5 Å². The summed E-state index contributed by atoms with van der Waals surface area (Å²) in [6.07, 6.45) is 6.03. The first-order valence-corrected chi connectivity index (χ1v) is 6.50. The van der Waals surface area contributed by atoms with Gasteiger partial charge in [-0.2, -0.15) is 0 Å². The van der Waals surface area contributed by atoms with Crippen LogP contribution in [0.1, 0.15) is 25.3 Å². The lowest BCUT2D eigenvalue weighted by Crippen LogP contribution is -1.98. The van der Waals surface area contributed by atoms with Crippen LogP contribution in [-0.4, -0.2) is 11.1 Å². The van der Waals surface area contributed by atoms with Crippen molar-refractivity contribution in [2.75, 3.05) is 0 Å². The summed E-state index contributed by atoms with van der Waals surface area (Å²) in [5.74, 6) is -0.403. The van der Waals surface area contributed by atoms with Crippen LogP contribution < -0.4 is 0 Å². The van der Waals surface area contributed by atoms with Gasteiger partial charge in [-0.25, -0.2) is 0 Å². The maximum Gasteiger partial charge on any atom is 0.303 e. The number of rotatable bonds is 6. The number of halogens is 1. The Labute approximate surface area is 110 Å². The van der Waals surface area contributed by atoms with Crippen molar-refractivity contribution in [2.24, 2.45) is 5.92 Å². The molecule has 1 atom stereocenters. The summed E-state index contributed by atoms with van der Waals surface area (Å²) in [7, 11) is 0. The van der Waals surface area contributed by atoms with Gasteiger partial charge in [-0.15, -0.1) is 0 Å². The predicted molar refractivity (Wildman–Crippen MR) is 73.0 cm³/mol. The number of carbonyl (C=O) groups is 1. The van der Waals surface area contributed by atoms with Crippen LogP contribution in [0.5, 0.6) is 0 Å². The molecule has 1 rings (SSSR count). The molecule has 1 N–H and O–H groups in total. The molecule has 3 heteroatoms. The average molecular weight is 297 g/mol. The van der Waals surface area contributed by atoms with Gasteiger partial charge in [0.1, 0.15) is 0 Å². The highest BCUT2D eigenvalue weighted by Gasteiger charge is 2.01. The first kappa shape index (κ1) is 14.0. The zero-order valence-corrected chi connectivity index (χ0v) is 11.5. The minimum absolute atomic E-state index is 0.240. The summed E-state index contributed by atoms with van der Waals surface area (Å²) in [5, 5.41) is 8.56. The maximum atomic E-state index is 10.4. The second-order valence-electron chi connectivity index (χ2n) is 4.17. The minimum Gasteiger partial charge on any atom is -0.481 e. The van der Waals surface area contributed by atoms with E-state index >= 15 is 0 Å². The Morgan fingerprint density at radius 3 is 2.65 bits per heavy atom. The Morgan fingerprint density at radius 2 is 2.06 bits per heavy atom. The molecule has 1 aromatic rings. The number of carboxylic acids is 1. The summed E-state index contributed by atoms with van der Waals surface area (Å²) in [6.45, 7) is 2.04. The Balaban J connectivity index is 2.34. The zero-order valence-electron chi connectivity index (χ0n) is 9.90. The van der Waals surface area contributed by atoms with Crippen LogP contribution in [0.4, 0.5) is 0 Å².